The van der Waals surface area contributed by atoms with Crippen molar-refractivity contribution in [2.75, 3.05) is 0 Å². The van der Waals surface area contributed by atoms with Crippen LogP contribution >= 0.6 is 0 Å². The SMILES string of the molecule is CC1=C2CC/C(=N\O)C=C2CCC1C. The third kappa shape index (κ3) is 1.49. The minimum Gasteiger partial charge on any atom is -0.411 e. The maximum absolute atomic E-state index is 8.73. The molecule has 2 aliphatic carbocycles. The predicted molar refractivity (Wildman–Crippen MR) is 57.6 cm³/mol. The Morgan fingerprint density at radius 1 is 1.36 bits per heavy atom. The van der Waals surface area contributed by atoms with Gasteiger partial charge in [0.25, 0.3) is 0 Å². The highest BCUT2D eigenvalue weighted by Gasteiger charge is 2.23. The van der Waals surface area contributed by atoms with Crippen LogP contribution in [-0.4, -0.2) is 10.9 Å². The van der Waals surface area contributed by atoms with Crippen molar-refractivity contribution in [2.24, 2.45) is 11.1 Å². The van der Waals surface area contributed by atoms with Crippen LogP contribution in [0, 0.1) is 5.92 Å². The number of hydrogen-bond donors (Lipinski definition) is 1. The molecule has 0 aromatic rings. The van der Waals surface area contributed by atoms with Crippen LogP contribution in [0.15, 0.2) is 28.0 Å². The molecule has 0 saturated heterocycles. The lowest BCUT2D eigenvalue weighted by Crippen LogP contribution is -2.15. The highest BCUT2D eigenvalue weighted by atomic mass is 16.4. The fourth-order valence-electron chi connectivity index (χ4n) is 2.41. The second kappa shape index (κ2) is 3.60. The maximum Gasteiger partial charge on any atom is 0.0801 e. The van der Waals surface area contributed by atoms with Gasteiger partial charge in [-0.05, 0) is 55.7 Å². The lowest BCUT2D eigenvalue weighted by molar-refractivity contribution is 0.318. The zero-order valence-electron chi connectivity index (χ0n) is 8.88. The predicted octanol–water partition coefficient (Wildman–Crippen LogP) is 3.28. The van der Waals surface area contributed by atoms with Crippen molar-refractivity contribution >= 4 is 5.71 Å². The van der Waals surface area contributed by atoms with E-state index >= 15 is 0 Å². The first-order valence-electron chi connectivity index (χ1n) is 5.34. The van der Waals surface area contributed by atoms with Gasteiger partial charge in [-0.25, -0.2) is 0 Å². The largest absolute Gasteiger partial charge is 0.411 e. The van der Waals surface area contributed by atoms with E-state index in [1.807, 2.05) is 0 Å². The van der Waals surface area contributed by atoms with Gasteiger partial charge in [0.15, 0.2) is 0 Å². The number of allylic oxidation sites excluding steroid dienone is 4. The Labute approximate surface area is 85.0 Å². The number of hydrogen-bond acceptors (Lipinski definition) is 2. The van der Waals surface area contributed by atoms with Gasteiger partial charge in [0.2, 0.25) is 0 Å². The molecule has 2 rings (SSSR count). The van der Waals surface area contributed by atoms with E-state index in [2.05, 4.69) is 25.1 Å². The summed E-state index contributed by atoms with van der Waals surface area (Å²) >= 11 is 0. The molecular weight excluding hydrogens is 174 g/mol. The van der Waals surface area contributed by atoms with Gasteiger partial charge in [-0.1, -0.05) is 17.7 Å². The van der Waals surface area contributed by atoms with E-state index in [0.717, 1.165) is 30.9 Å². The Balaban J connectivity index is 2.39. The van der Waals surface area contributed by atoms with Crippen molar-refractivity contribution in [1.82, 2.24) is 0 Å². The van der Waals surface area contributed by atoms with Crippen molar-refractivity contribution in [1.29, 1.82) is 0 Å². The molecule has 0 radical (unpaired) electrons. The van der Waals surface area contributed by atoms with Crippen molar-refractivity contribution in [3.05, 3.63) is 22.8 Å². The number of nitrogens with zero attached hydrogens (tertiary/aromatic N) is 1. The second-order valence-electron chi connectivity index (χ2n) is 4.36. The molecule has 0 aromatic carbocycles. The third-order valence-corrected chi connectivity index (χ3v) is 3.55. The molecule has 76 valence electrons. The quantitative estimate of drug-likeness (QED) is 0.462. The second-order valence-corrected chi connectivity index (χ2v) is 4.36. The molecule has 14 heavy (non-hydrogen) atoms. The maximum atomic E-state index is 8.73. The molecule has 0 spiro atoms. The van der Waals surface area contributed by atoms with Crippen LogP contribution in [0.5, 0.6) is 0 Å². The zero-order chi connectivity index (χ0) is 10.1. The molecule has 2 heteroatoms. The van der Waals surface area contributed by atoms with Crippen LogP contribution in [0.25, 0.3) is 0 Å². The number of oxime groups is 1. The normalized spacial score (nSPS) is 30.3. The van der Waals surface area contributed by atoms with E-state index in [-0.39, 0.29) is 0 Å². The Kier molecular flexibility index (Phi) is 2.44. The first kappa shape index (κ1) is 9.50. The summed E-state index contributed by atoms with van der Waals surface area (Å²) in [4.78, 5) is 0. The van der Waals surface area contributed by atoms with E-state index in [0.29, 0.717) is 0 Å². The third-order valence-electron chi connectivity index (χ3n) is 3.55. The standard InChI is InChI=1S/C12H17NO/c1-8-3-4-10-7-11(13-14)5-6-12(10)9(8)2/h7-8,14H,3-6H2,1-2H3/b13-11+. The summed E-state index contributed by atoms with van der Waals surface area (Å²) in [6.45, 7) is 4.54. The lowest BCUT2D eigenvalue weighted by atomic mass is 9.77. The lowest BCUT2D eigenvalue weighted by Gasteiger charge is -2.29. The van der Waals surface area contributed by atoms with Gasteiger partial charge < -0.3 is 5.21 Å². The first-order valence-corrected chi connectivity index (χ1v) is 5.34. The molecule has 0 bridgehead atoms. The molecule has 0 heterocycles. The average molecular weight is 191 g/mol. The summed E-state index contributed by atoms with van der Waals surface area (Å²) in [6, 6.07) is 0. The Hall–Kier alpha value is -1.05. The molecule has 2 aliphatic rings. The fraction of sp³-hybridized carbons (Fsp3) is 0.583. The number of fused-ring (bicyclic) bond motifs is 1. The Morgan fingerprint density at radius 3 is 2.86 bits per heavy atom. The van der Waals surface area contributed by atoms with Crippen LogP contribution in [-0.2, 0) is 0 Å². The minimum absolute atomic E-state index is 0.731. The minimum atomic E-state index is 0.731. The fourth-order valence-corrected chi connectivity index (χ4v) is 2.41. The molecule has 1 atom stereocenters. The monoisotopic (exact) mass is 191 g/mol. The van der Waals surface area contributed by atoms with Gasteiger partial charge in [0.05, 0.1) is 5.71 Å². The smallest absolute Gasteiger partial charge is 0.0801 e. The molecule has 1 N–H and O–H groups in total. The van der Waals surface area contributed by atoms with E-state index in [1.54, 1.807) is 5.57 Å². The highest BCUT2D eigenvalue weighted by molar-refractivity contribution is 5.97. The molecule has 0 aliphatic heterocycles. The molecule has 2 nitrogen and oxygen atoms in total. The Bertz CT molecular complexity index is 336. The van der Waals surface area contributed by atoms with Gasteiger partial charge >= 0.3 is 0 Å². The summed E-state index contributed by atoms with van der Waals surface area (Å²) in [6.07, 6.45) is 6.39. The molecule has 0 fully saturated rings. The molecule has 1 unspecified atom stereocenters. The first-order chi connectivity index (χ1) is 6.72. The molecule has 0 saturated carbocycles. The van der Waals surface area contributed by atoms with Crippen molar-refractivity contribution in [3.63, 3.8) is 0 Å². The van der Waals surface area contributed by atoms with Crippen LogP contribution in [0.1, 0.15) is 39.5 Å². The highest BCUT2D eigenvalue weighted by Crippen LogP contribution is 2.38. The van der Waals surface area contributed by atoms with Gasteiger partial charge in [0, 0.05) is 0 Å². The topological polar surface area (TPSA) is 32.6 Å². The zero-order valence-corrected chi connectivity index (χ0v) is 8.88. The van der Waals surface area contributed by atoms with Gasteiger partial charge in [-0.3, -0.25) is 0 Å². The van der Waals surface area contributed by atoms with E-state index < -0.39 is 0 Å². The van der Waals surface area contributed by atoms with Crippen molar-refractivity contribution in [2.45, 2.75) is 39.5 Å². The van der Waals surface area contributed by atoms with E-state index in [1.165, 1.54) is 17.6 Å². The molecule has 0 amide bonds. The van der Waals surface area contributed by atoms with Crippen LogP contribution in [0.3, 0.4) is 0 Å². The van der Waals surface area contributed by atoms with Crippen LogP contribution in [0.4, 0.5) is 0 Å². The summed E-state index contributed by atoms with van der Waals surface area (Å²) in [5.74, 6) is 0.731. The molecular formula is C12H17NO. The summed E-state index contributed by atoms with van der Waals surface area (Å²) in [5.41, 5.74) is 5.31. The number of rotatable bonds is 0. The van der Waals surface area contributed by atoms with E-state index in [4.69, 9.17) is 5.21 Å². The molecule has 0 aromatic heterocycles. The van der Waals surface area contributed by atoms with Crippen molar-refractivity contribution in [3.8, 4) is 0 Å². The Morgan fingerprint density at radius 2 is 2.14 bits per heavy atom. The van der Waals surface area contributed by atoms with Crippen molar-refractivity contribution < 1.29 is 5.21 Å². The summed E-state index contributed by atoms with van der Waals surface area (Å²) < 4.78 is 0. The average Bonchev–Trinajstić information content (AvgIpc) is 2.23. The van der Waals surface area contributed by atoms with Crippen LogP contribution < -0.4 is 0 Å². The van der Waals surface area contributed by atoms with E-state index in [9.17, 15) is 0 Å². The van der Waals surface area contributed by atoms with Gasteiger partial charge in [-0.2, -0.15) is 0 Å². The van der Waals surface area contributed by atoms with Crippen LogP contribution in [0.2, 0.25) is 0 Å². The van der Waals surface area contributed by atoms with Gasteiger partial charge in [0.1, 0.15) is 0 Å². The summed E-state index contributed by atoms with van der Waals surface area (Å²) in [7, 11) is 0. The summed E-state index contributed by atoms with van der Waals surface area (Å²) in [5, 5.41) is 12.0. The van der Waals surface area contributed by atoms with Gasteiger partial charge in [-0.15, -0.1) is 0 Å².